The second-order valence-corrected chi connectivity index (χ2v) is 13.1. The number of nitrogens with zero attached hydrogens (tertiary/aromatic N) is 3. The number of halogens is 1. The Balaban J connectivity index is 2.24. The van der Waals surface area contributed by atoms with Crippen molar-refractivity contribution in [3.63, 3.8) is 0 Å². The van der Waals surface area contributed by atoms with E-state index in [1.165, 1.54) is 0 Å². The van der Waals surface area contributed by atoms with Crippen LogP contribution in [0.4, 0.5) is 0 Å². The van der Waals surface area contributed by atoms with Crippen LogP contribution in [0.15, 0.2) is 16.7 Å². The van der Waals surface area contributed by atoms with Crippen LogP contribution in [0.1, 0.15) is 17.5 Å². The molecule has 0 unspecified atom stereocenters. The van der Waals surface area contributed by atoms with Crippen molar-refractivity contribution in [3.05, 3.63) is 22.6 Å². The molecule has 8 heteroatoms. The average molecular weight is 399 g/mol. The number of imidazole rings is 1. The maximum absolute atomic E-state index is 12.2. The Labute approximate surface area is 145 Å². The van der Waals surface area contributed by atoms with E-state index in [4.69, 9.17) is 4.74 Å². The number of nitrogens with one attached hydrogen (secondary N) is 1. The van der Waals surface area contributed by atoms with Crippen LogP contribution < -0.4 is 5.32 Å². The summed E-state index contributed by atoms with van der Waals surface area (Å²) in [6.45, 7) is 10.3. The molecule has 6 nitrogen and oxygen atoms in total. The van der Waals surface area contributed by atoms with E-state index in [1.807, 2.05) is 13.0 Å². The monoisotopic (exact) mass is 398 g/mol. The summed E-state index contributed by atoms with van der Waals surface area (Å²) < 4.78 is 8.35. The first-order chi connectivity index (χ1) is 10.8. The molecule has 0 fully saturated rings. The molecule has 0 aliphatic carbocycles. The molecule has 2 aromatic rings. The molecule has 0 radical (unpaired) electrons. The van der Waals surface area contributed by atoms with Crippen molar-refractivity contribution < 1.29 is 9.53 Å². The number of aromatic nitrogens is 3. The van der Waals surface area contributed by atoms with Crippen molar-refractivity contribution in [3.8, 4) is 0 Å². The van der Waals surface area contributed by atoms with Crippen molar-refractivity contribution in [1.82, 2.24) is 19.9 Å². The fourth-order valence-electron chi connectivity index (χ4n) is 2.06. The number of amides is 1. The van der Waals surface area contributed by atoms with Gasteiger partial charge in [-0.15, -0.1) is 0 Å². The molecule has 1 amide bonds. The van der Waals surface area contributed by atoms with Gasteiger partial charge < -0.3 is 10.1 Å². The second kappa shape index (κ2) is 7.54. The topological polar surface area (TPSA) is 69.0 Å². The van der Waals surface area contributed by atoms with E-state index in [-0.39, 0.29) is 12.6 Å². The maximum atomic E-state index is 12.2. The van der Waals surface area contributed by atoms with E-state index >= 15 is 0 Å². The Morgan fingerprint density at radius 1 is 1.43 bits per heavy atom. The molecule has 0 aromatic carbocycles. The molecular formula is C15H23BrN4O2Si. The van der Waals surface area contributed by atoms with Gasteiger partial charge >= 0.3 is 0 Å². The zero-order valence-corrected chi connectivity index (χ0v) is 16.6. The lowest BCUT2D eigenvalue weighted by atomic mass is 10.4. The van der Waals surface area contributed by atoms with E-state index in [0.29, 0.717) is 30.1 Å². The first-order valence-electron chi connectivity index (χ1n) is 7.69. The summed E-state index contributed by atoms with van der Waals surface area (Å²) in [7, 11) is -1.14. The number of ether oxygens (including phenoxy) is 1. The van der Waals surface area contributed by atoms with Crippen molar-refractivity contribution in [2.45, 2.75) is 39.3 Å². The van der Waals surface area contributed by atoms with Crippen LogP contribution in [-0.2, 0) is 11.5 Å². The van der Waals surface area contributed by atoms with E-state index in [9.17, 15) is 4.79 Å². The van der Waals surface area contributed by atoms with Gasteiger partial charge in [0.15, 0.2) is 5.65 Å². The number of hydrogen-bond donors (Lipinski definition) is 1. The minimum Gasteiger partial charge on any atom is -0.361 e. The van der Waals surface area contributed by atoms with Crippen molar-refractivity contribution >= 4 is 41.1 Å². The van der Waals surface area contributed by atoms with Crippen LogP contribution in [0.2, 0.25) is 25.7 Å². The summed E-state index contributed by atoms with van der Waals surface area (Å²) >= 11 is 3.38. The van der Waals surface area contributed by atoms with Crippen LogP contribution in [0.25, 0.3) is 11.2 Å². The molecular weight excluding hydrogens is 376 g/mol. The summed E-state index contributed by atoms with van der Waals surface area (Å²) in [6, 6.07) is 2.93. The molecule has 0 bridgehead atoms. The molecule has 0 aliphatic heterocycles. The predicted octanol–water partition coefficient (Wildman–Crippen LogP) is 3.26. The lowest BCUT2D eigenvalue weighted by Gasteiger charge is -2.16. The van der Waals surface area contributed by atoms with Gasteiger partial charge in [-0.3, -0.25) is 9.36 Å². The van der Waals surface area contributed by atoms with Gasteiger partial charge in [0.1, 0.15) is 12.2 Å². The minimum atomic E-state index is -1.14. The van der Waals surface area contributed by atoms with Gasteiger partial charge in [-0.05, 0) is 35.0 Å². The summed E-state index contributed by atoms with van der Waals surface area (Å²) in [6.07, 6.45) is 1.70. The molecule has 0 spiro atoms. The molecule has 23 heavy (non-hydrogen) atoms. The third-order valence-electron chi connectivity index (χ3n) is 3.31. The first kappa shape index (κ1) is 18.1. The Morgan fingerprint density at radius 3 is 2.83 bits per heavy atom. The summed E-state index contributed by atoms with van der Waals surface area (Å²) in [5.74, 6) is 0.121. The van der Waals surface area contributed by atoms with Crippen LogP contribution in [-0.4, -0.2) is 41.7 Å². The highest BCUT2D eigenvalue weighted by atomic mass is 79.9. The predicted molar refractivity (Wildman–Crippen MR) is 97.3 cm³/mol. The molecule has 0 saturated carbocycles. The fraction of sp³-hybridized carbons (Fsp3) is 0.533. The molecule has 126 valence electrons. The number of fused-ring (bicyclic) bond motifs is 1. The second-order valence-electron chi connectivity index (χ2n) is 6.57. The Morgan fingerprint density at radius 2 is 2.17 bits per heavy atom. The van der Waals surface area contributed by atoms with Gasteiger partial charge in [-0.1, -0.05) is 19.6 Å². The van der Waals surface area contributed by atoms with Crippen LogP contribution >= 0.6 is 15.9 Å². The van der Waals surface area contributed by atoms with Crippen LogP contribution in [0.5, 0.6) is 0 Å². The molecule has 1 N–H and O–H groups in total. The SMILES string of the molecule is CCNC(=O)c1nc2cc(Br)cnc2n1COCC[Si](C)(C)C. The van der Waals surface area contributed by atoms with Gasteiger partial charge in [-0.25, -0.2) is 9.97 Å². The highest BCUT2D eigenvalue weighted by Gasteiger charge is 2.19. The summed E-state index contributed by atoms with van der Waals surface area (Å²) in [4.78, 5) is 21.0. The molecule has 0 saturated heterocycles. The Hall–Kier alpha value is -1.25. The van der Waals surface area contributed by atoms with Gasteiger partial charge in [-0.2, -0.15) is 0 Å². The van der Waals surface area contributed by atoms with E-state index in [0.717, 1.165) is 10.5 Å². The standard InChI is InChI=1S/C15H23BrN4O2Si/c1-5-17-15(21)14-19-12-8-11(16)9-18-13(12)20(14)10-22-6-7-23(2,3)4/h8-9H,5-7,10H2,1-4H3,(H,17,21). The zero-order chi connectivity index (χ0) is 17.0. The smallest absolute Gasteiger partial charge is 0.287 e. The summed E-state index contributed by atoms with van der Waals surface area (Å²) in [5.41, 5.74) is 1.33. The number of pyridine rings is 1. The number of hydrogen-bond acceptors (Lipinski definition) is 4. The Bertz CT molecular complexity index is 697. The third-order valence-corrected chi connectivity index (χ3v) is 5.45. The van der Waals surface area contributed by atoms with Crippen molar-refractivity contribution in [1.29, 1.82) is 0 Å². The lowest BCUT2D eigenvalue weighted by Crippen LogP contribution is -2.27. The van der Waals surface area contributed by atoms with Gasteiger partial charge in [0.25, 0.3) is 5.91 Å². The number of carbonyl (C=O) groups excluding carboxylic acids is 1. The molecule has 0 aliphatic rings. The fourth-order valence-corrected chi connectivity index (χ4v) is 3.13. The van der Waals surface area contributed by atoms with E-state index < -0.39 is 8.07 Å². The Kier molecular flexibility index (Phi) is 5.93. The zero-order valence-electron chi connectivity index (χ0n) is 14.0. The van der Waals surface area contributed by atoms with Crippen molar-refractivity contribution in [2.24, 2.45) is 0 Å². The number of carbonyl (C=O) groups is 1. The quantitative estimate of drug-likeness (QED) is 0.573. The maximum Gasteiger partial charge on any atom is 0.287 e. The lowest BCUT2D eigenvalue weighted by molar-refractivity contribution is 0.0801. The van der Waals surface area contributed by atoms with Gasteiger partial charge in [0.2, 0.25) is 5.82 Å². The van der Waals surface area contributed by atoms with E-state index in [2.05, 4.69) is 50.9 Å². The van der Waals surface area contributed by atoms with Crippen LogP contribution in [0.3, 0.4) is 0 Å². The van der Waals surface area contributed by atoms with Crippen molar-refractivity contribution in [2.75, 3.05) is 13.2 Å². The minimum absolute atomic E-state index is 0.213. The normalized spacial score (nSPS) is 11.9. The third kappa shape index (κ3) is 4.86. The van der Waals surface area contributed by atoms with Gasteiger partial charge in [0.05, 0.1) is 0 Å². The largest absolute Gasteiger partial charge is 0.361 e. The van der Waals surface area contributed by atoms with Crippen LogP contribution in [0, 0.1) is 0 Å². The highest BCUT2D eigenvalue weighted by molar-refractivity contribution is 9.10. The highest BCUT2D eigenvalue weighted by Crippen LogP contribution is 2.19. The first-order valence-corrected chi connectivity index (χ1v) is 12.2. The van der Waals surface area contributed by atoms with Gasteiger partial charge in [0, 0.05) is 31.9 Å². The molecule has 2 heterocycles. The van der Waals surface area contributed by atoms with E-state index in [1.54, 1.807) is 10.8 Å². The number of rotatable bonds is 7. The summed E-state index contributed by atoms with van der Waals surface area (Å²) in [5, 5.41) is 2.78. The molecule has 2 aromatic heterocycles. The molecule has 0 atom stereocenters. The molecule has 2 rings (SSSR count). The average Bonchev–Trinajstić information content (AvgIpc) is 2.80.